The highest BCUT2D eigenvalue weighted by Gasteiger charge is 2.42. The molecule has 32 heavy (non-hydrogen) atoms. The Balaban J connectivity index is 1.35. The van der Waals surface area contributed by atoms with Crippen LogP contribution in [0.1, 0.15) is 69.5 Å². The number of amides is 2. The number of aromatic nitrogens is 1. The molecule has 7 heteroatoms. The minimum atomic E-state index is -0.753. The van der Waals surface area contributed by atoms with Gasteiger partial charge in [-0.05, 0) is 93.2 Å². The number of pyridine rings is 1. The van der Waals surface area contributed by atoms with E-state index in [1.165, 1.54) is 12.3 Å². The van der Waals surface area contributed by atoms with Crippen molar-refractivity contribution in [3.05, 3.63) is 64.0 Å². The Bertz CT molecular complexity index is 1040. The summed E-state index contributed by atoms with van der Waals surface area (Å²) in [5, 5.41) is 2.95. The largest absolute Gasteiger partial charge is 0.349 e. The summed E-state index contributed by atoms with van der Waals surface area (Å²) in [5.41, 5.74) is 2.27. The molecule has 1 saturated carbocycles. The van der Waals surface area contributed by atoms with Gasteiger partial charge < -0.3 is 10.2 Å². The Morgan fingerprint density at radius 2 is 1.72 bits per heavy atom. The monoisotopic (exact) mass is 441 g/mol. The van der Waals surface area contributed by atoms with E-state index in [9.17, 15) is 18.4 Å². The van der Waals surface area contributed by atoms with Crippen molar-refractivity contribution in [3.8, 4) is 0 Å². The fraction of sp³-hybridized carbons (Fsp3) is 0.480. The van der Waals surface area contributed by atoms with E-state index < -0.39 is 11.9 Å². The lowest BCUT2D eigenvalue weighted by Crippen LogP contribution is -2.42. The highest BCUT2D eigenvalue weighted by Crippen LogP contribution is 2.44. The second-order valence-corrected chi connectivity index (χ2v) is 9.50. The first kappa shape index (κ1) is 22.4. The second kappa shape index (κ2) is 8.60. The molecule has 0 unspecified atom stereocenters. The molecule has 2 amide bonds. The van der Waals surface area contributed by atoms with Crippen molar-refractivity contribution in [1.82, 2.24) is 15.2 Å². The van der Waals surface area contributed by atoms with E-state index >= 15 is 0 Å². The summed E-state index contributed by atoms with van der Waals surface area (Å²) in [6, 6.07) is 4.75. The van der Waals surface area contributed by atoms with Crippen LogP contribution >= 0.6 is 0 Å². The van der Waals surface area contributed by atoms with Crippen LogP contribution in [-0.4, -0.2) is 40.8 Å². The van der Waals surface area contributed by atoms with Gasteiger partial charge >= 0.3 is 0 Å². The van der Waals surface area contributed by atoms with Crippen molar-refractivity contribution in [2.24, 2.45) is 5.41 Å². The molecule has 5 nitrogen and oxygen atoms in total. The van der Waals surface area contributed by atoms with Crippen molar-refractivity contribution in [2.75, 3.05) is 13.1 Å². The number of nitrogens with one attached hydrogen (secondary N) is 1. The maximum absolute atomic E-state index is 13.9. The van der Waals surface area contributed by atoms with Gasteiger partial charge in [-0.15, -0.1) is 0 Å². The second-order valence-electron chi connectivity index (χ2n) is 9.50. The molecule has 1 saturated heterocycles. The predicted molar refractivity (Wildman–Crippen MR) is 117 cm³/mol. The van der Waals surface area contributed by atoms with Gasteiger partial charge in [-0.2, -0.15) is 4.39 Å². The standard InChI is InChI=1S/C25H29F2N3O2/c1-15-10-20(22(27)28-13-15)23(31)29-19-4-6-25(7-5-19)8-9-30(14-25)24(32)18-11-16(2)21(26)17(3)12-18/h10-13,19H,4-9,14H2,1-3H3,(H,29,31). The molecule has 1 spiro atoms. The lowest BCUT2D eigenvalue weighted by Gasteiger charge is -2.37. The molecule has 0 atom stereocenters. The fourth-order valence-corrected chi connectivity index (χ4v) is 5.12. The van der Waals surface area contributed by atoms with Gasteiger partial charge in [0.05, 0.1) is 5.56 Å². The van der Waals surface area contributed by atoms with Crippen LogP contribution in [0.5, 0.6) is 0 Å². The number of benzene rings is 1. The van der Waals surface area contributed by atoms with Gasteiger partial charge in [0.2, 0.25) is 5.95 Å². The van der Waals surface area contributed by atoms with E-state index in [0.717, 1.165) is 37.7 Å². The molecule has 4 rings (SSSR count). The van der Waals surface area contributed by atoms with Crippen molar-refractivity contribution < 1.29 is 18.4 Å². The van der Waals surface area contributed by atoms with E-state index in [0.29, 0.717) is 29.8 Å². The van der Waals surface area contributed by atoms with Crippen LogP contribution in [0, 0.1) is 38.0 Å². The number of hydrogen-bond acceptors (Lipinski definition) is 3. The topological polar surface area (TPSA) is 62.3 Å². The molecular weight excluding hydrogens is 412 g/mol. The first-order valence-corrected chi connectivity index (χ1v) is 11.2. The van der Waals surface area contributed by atoms with Crippen LogP contribution in [0.15, 0.2) is 24.4 Å². The van der Waals surface area contributed by atoms with Gasteiger partial charge in [0, 0.05) is 30.9 Å². The van der Waals surface area contributed by atoms with Gasteiger partial charge in [-0.3, -0.25) is 9.59 Å². The number of nitrogens with zero attached hydrogens (tertiary/aromatic N) is 2. The molecule has 0 radical (unpaired) electrons. The van der Waals surface area contributed by atoms with Gasteiger partial charge in [-0.25, -0.2) is 9.37 Å². The third-order valence-corrected chi connectivity index (χ3v) is 7.01. The maximum Gasteiger partial charge on any atom is 0.256 e. The van der Waals surface area contributed by atoms with Crippen molar-refractivity contribution in [1.29, 1.82) is 0 Å². The molecule has 1 aliphatic carbocycles. The van der Waals surface area contributed by atoms with Crippen LogP contribution in [0.2, 0.25) is 0 Å². The van der Waals surface area contributed by atoms with Crippen LogP contribution in [0.3, 0.4) is 0 Å². The molecule has 2 aromatic rings. The Morgan fingerprint density at radius 1 is 1.06 bits per heavy atom. The highest BCUT2D eigenvalue weighted by molar-refractivity contribution is 5.95. The SMILES string of the molecule is Cc1cnc(F)c(C(=O)NC2CCC3(CC2)CCN(C(=O)c2cc(C)c(F)c(C)c2)C3)c1. The number of hydrogen-bond donors (Lipinski definition) is 1. The van der Waals surface area contributed by atoms with Gasteiger partial charge in [-0.1, -0.05) is 0 Å². The number of rotatable bonds is 3. The van der Waals surface area contributed by atoms with Crippen LogP contribution in [0.25, 0.3) is 0 Å². The maximum atomic E-state index is 13.9. The molecule has 2 heterocycles. The zero-order chi connectivity index (χ0) is 23.0. The summed E-state index contributed by atoms with van der Waals surface area (Å²) < 4.78 is 27.9. The number of likely N-dealkylation sites (tertiary alicyclic amines) is 1. The number of halogens is 2. The third-order valence-electron chi connectivity index (χ3n) is 7.01. The quantitative estimate of drug-likeness (QED) is 0.714. The summed E-state index contributed by atoms with van der Waals surface area (Å²) in [5.74, 6) is -1.49. The zero-order valence-electron chi connectivity index (χ0n) is 18.8. The lowest BCUT2D eigenvalue weighted by atomic mass is 9.72. The minimum absolute atomic E-state index is 0.0137. The van der Waals surface area contributed by atoms with Crippen LogP contribution in [0.4, 0.5) is 8.78 Å². The van der Waals surface area contributed by atoms with Gasteiger partial charge in [0.25, 0.3) is 11.8 Å². The molecule has 1 aromatic heterocycles. The normalized spacial score (nSPS) is 22.9. The molecule has 0 bridgehead atoms. The van der Waals surface area contributed by atoms with Gasteiger partial charge in [0.15, 0.2) is 0 Å². The summed E-state index contributed by atoms with van der Waals surface area (Å²) in [7, 11) is 0. The van der Waals surface area contributed by atoms with E-state index in [4.69, 9.17) is 0 Å². The molecule has 2 aliphatic rings. The molecule has 1 aromatic carbocycles. The number of aryl methyl sites for hydroxylation is 3. The average Bonchev–Trinajstić information content (AvgIpc) is 3.18. The highest BCUT2D eigenvalue weighted by atomic mass is 19.1. The van der Waals surface area contributed by atoms with E-state index in [1.807, 2.05) is 4.90 Å². The van der Waals surface area contributed by atoms with E-state index in [-0.39, 0.29) is 28.7 Å². The molecule has 1 aliphatic heterocycles. The lowest BCUT2D eigenvalue weighted by molar-refractivity contribution is 0.0750. The van der Waals surface area contributed by atoms with Crippen molar-refractivity contribution in [3.63, 3.8) is 0 Å². The summed E-state index contributed by atoms with van der Waals surface area (Å²) in [6.45, 7) is 6.50. The average molecular weight is 442 g/mol. The molecule has 2 fully saturated rings. The minimum Gasteiger partial charge on any atom is -0.349 e. The summed E-state index contributed by atoms with van der Waals surface area (Å²) in [6.07, 6.45) is 5.72. The molecular formula is C25H29F2N3O2. The van der Waals surface area contributed by atoms with E-state index in [2.05, 4.69) is 10.3 Å². The smallest absolute Gasteiger partial charge is 0.256 e. The Hall–Kier alpha value is -2.83. The predicted octanol–water partition coefficient (Wildman–Crippen LogP) is 4.49. The number of carbonyl (C=O) groups is 2. The van der Waals surface area contributed by atoms with Crippen molar-refractivity contribution >= 4 is 11.8 Å². The van der Waals surface area contributed by atoms with Gasteiger partial charge in [0.1, 0.15) is 5.82 Å². The Morgan fingerprint density at radius 3 is 2.38 bits per heavy atom. The Labute approximate surface area is 187 Å². The summed E-state index contributed by atoms with van der Waals surface area (Å²) in [4.78, 5) is 31.0. The first-order chi connectivity index (χ1) is 15.2. The Kier molecular flexibility index (Phi) is 6.01. The first-order valence-electron chi connectivity index (χ1n) is 11.2. The zero-order valence-corrected chi connectivity index (χ0v) is 18.8. The van der Waals surface area contributed by atoms with Crippen LogP contribution < -0.4 is 5.32 Å². The van der Waals surface area contributed by atoms with E-state index in [1.54, 1.807) is 32.9 Å². The van der Waals surface area contributed by atoms with Crippen LogP contribution in [-0.2, 0) is 0 Å². The number of carbonyl (C=O) groups excluding carboxylic acids is 2. The molecule has 1 N–H and O–H groups in total. The fourth-order valence-electron chi connectivity index (χ4n) is 5.12. The van der Waals surface area contributed by atoms with Crippen molar-refractivity contribution in [2.45, 2.75) is 58.9 Å². The summed E-state index contributed by atoms with van der Waals surface area (Å²) >= 11 is 0. The third kappa shape index (κ3) is 4.38. The molecule has 170 valence electrons.